The zero-order valence-electron chi connectivity index (χ0n) is 11.9. The average molecular weight is 255 g/mol. The fourth-order valence-corrected chi connectivity index (χ4v) is 2.03. The van der Waals surface area contributed by atoms with Crippen LogP contribution < -0.4 is 10.2 Å². The highest BCUT2D eigenvalue weighted by molar-refractivity contribution is 5.64. The van der Waals surface area contributed by atoms with Gasteiger partial charge < -0.3 is 10.2 Å². The number of rotatable bonds is 5. The number of benzene rings is 1. The summed E-state index contributed by atoms with van der Waals surface area (Å²) in [5.74, 6) is 0. The van der Waals surface area contributed by atoms with Crippen molar-refractivity contribution in [2.45, 2.75) is 20.4 Å². The highest BCUT2D eigenvalue weighted by Crippen LogP contribution is 2.26. The molecule has 0 spiro atoms. The SMILES string of the molecule is CCNCc1ccncc1N(C)c1ccc(C)cc1. The van der Waals surface area contributed by atoms with E-state index in [2.05, 4.69) is 66.4 Å². The van der Waals surface area contributed by atoms with Gasteiger partial charge >= 0.3 is 0 Å². The largest absolute Gasteiger partial charge is 0.343 e. The van der Waals surface area contributed by atoms with Crippen molar-refractivity contribution in [2.24, 2.45) is 0 Å². The number of aryl methyl sites for hydroxylation is 1. The van der Waals surface area contributed by atoms with Crippen LogP contribution in [0.4, 0.5) is 11.4 Å². The van der Waals surface area contributed by atoms with Gasteiger partial charge in [0.25, 0.3) is 0 Å². The Morgan fingerprint density at radius 2 is 1.89 bits per heavy atom. The summed E-state index contributed by atoms with van der Waals surface area (Å²) in [4.78, 5) is 6.43. The number of hydrogen-bond acceptors (Lipinski definition) is 3. The summed E-state index contributed by atoms with van der Waals surface area (Å²) in [6, 6.07) is 10.6. The van der Waals surface area contributed by atoms with Crippen LogP contribution in [0.15, 0.2) is 42.7 Å². The van der Waals surface area contributed by atoms with Crippen molar-refractivity contribution in [3.05, 3.63) is 53.9 Å². The maximum absolute atomic E-state index is 4.25. The van der Waals surface area contributed by atoms with Gasteiger partial charge in [0, 0.05) is 25.5 Å². The molecule has 0 aliphatic carbocycles. The van der Waals surface area contributed by atoms with Crippen LogP contribution in [0.1, 0.15) is 18.1 Å². The monoisotopic (exact) mass is 255 g/mol. The number of aromatic nitrogens is 1. The van der Waals surface area contributed by atoms with Crippen molar-refractivity contribution in [3.63, 3.8) is 0 Å². The van der Waals surface area contributed by atoms with Crippen molar-refractivity contribution in [2.75, 3.05) is 18.5 Å². The van der Waals surface area contributed by atoms with Crippen LogP contribution in [0, 0.1) is 6.92 Å². The Labute approximate surface area is 115 Å². The molecule has 0 fully saturated rings. The van der Waals surface area contributed by atoms with Crippen molar-refractivity contribution in [1.29, 1.82) is 0 Å². The summed E-state index contributed by atoms with van der Waals surface area (Å²) in [6.45, 7) is 6.05. The second-order valence-corrected chi connectivity index (χ2v) is 4.68. The third kappa shape index (κ3) is 3.32. The normalized spacial score (nSPS) is 10.5. The molecule has 0 unspecified atom stereocenters. The molecule has 2 rings (SSSR count). The molecular weight excluding hydrogens is 234 g/mol. The van der Waals surface area contributed by atoms with Crippen LogP contribution in [-0.4, -0.2) is 18.6 Å². The lowest BCUT2D eigenvalue weighted by Gasteiger charge is -2.22. The van der Waals surface area contributed by atoms with E-state index in [4.69, 9.17) is 0 Å². The maximum Gasteiger partial charge on any atom is 0.0640 e. The Morgan fingerprint density at radius 3 is 2.58 bits per heavy atom. The number of pyridine rings is 1. The molecule has 0 radical (unpaired) electrons. The van der Waals surface area contributed by atoms with Crippen molar-refractivity contribution in [3.8, 4) is 0 Å². The summed E-state index contributed by atoms with van der Waals surface area (Å²) < 4.78 is 0. The molecule has 0 aliphatic rings. The van der Waals surface area contributed by atoms with E-state index in [0.29, 0.717) is 0 Å². The molecule has 1 N–H and O–H groups in total. The summed E-state index contributed by atoms with van der Waals surface area (Å²) in [6.07, 6.45) is 3.77. The van der Waals surface area contributed by atoms with Crippen LogP contribution in [-0.2, 0) is 6.54 Å². The summed E-state index contributed by atoms with van der Waals surface area (Å²) >= 11 is 0. The van der Waals surface area contributed by atoms with Crippen LogP contribution in [0.5, 0.6) is 0 Å². The quantitative estimate of drug-likeness (QED) is 0.888. The van der Waals surface area contributed by atoms with Crippen molar-refractivity contribution >= 4 is 11.4 Å². The second kappa shape index (κ2) is 6.34. The fourth-order valence-electron chi connectivity index (χ4n) is 2.03. The number of nitrogens with one attached hydrogen (secondary N) is 1. The highest BCUT2D eigenvalue weighted by Gasteiger charge is 2.08. The molecule has 0 atom stereocenters. The minimum atomic E-state index is 0.866. The predicted molar refractivity (Wildman–Crippen MR) is 80.9 cm³/mol. The van der Waals surface area contributed by atoms with Crippen molar-refractivity contribution in [1.82, 2.24) is 10.3 Å². The van der Waals surface area contributed by atoms with Crippen LogP contribution >= 0.6 is 0 Å². The van der Waals surface area contributed by atoms with Crippen molar-refractivity contribution < 1.29 is 0 Å². The molecule has 1 heterocycles. The zero-order valence-corrected chi connectivity index (χ0v) is 11.9. The fraction of sp³-hybridized carbons (Fsp3) is 0.312. The first-order valence-electron chi connectivity index (χ1n) is 6.66. The zero-order chi connectivity index (χ0) is 13.7. The molecule has 3 nitrogen and oxygen atoms in total. The predicted octanol–water partition coefficient (Wildman–Crippen LogP) is 3.27. The van der Waals surface area contributed by atoms with Crippen LogP contribution in [0.2, 0.25) is 0 Å². The van der Waals surface area contributed by atoms with Gasteiger partial charge in [-0.2, -0.15) is 0 Å². The number of hydrogen-bond donors (Lipinski definition) is 1. The van der Waals surface area contributed by atoms with Crippen LogP contribution in [0.25, 0.3) is 0 Å². The van der Waals surface area contributed by atoms with E-state index < -0.39 is 0 Å². The summed E-state index contributed by atoms with van der Waals surface area (Å²) in [5, 5.41) is 3.37. The van der Waals surface area contributed by atoms with Crippen LogP contribution in [0.3, 0.4) is 0 Å². The molecule has 19 heavy (non-hydrogen) atoms. The molecule has 3 heteroatoms. The molecular formula is C16H21N3. The third-order valence-corrected chi connectivity index (χ3v) is 3.24. The third-order valence-electron chi connectivity index (χ3n) is 3.24. The van der Waals surface area contributed by atoms with E-state index in [1.807, 2.05) is 12.4 Å². The molecule has 0 amide bonds. The average Bonchev–Trinajstić information content (AvgIpc) is 2.45. The minimum absolute atomic E-state index is 0.866. The summed E-state index contributed by atoms with van der Waals surface area (Å²) in [7, 11) is 2.08. The van der Waals surface area contributed by atoms with E-state index in [1.54, 1.807) is 0 Å². The molecule has 0 aliphatic heterocycles. The Kier molecular flexibility index (Phi) is 4.53. The molecule has 1 aromatic heterocycles. The van der Waals surface area contributed by atoms with Gasteiger partial charge in [-0.1, -0.05) is 24.6 Å². The van der Waals surface area contributed by atoms with E-state index >= 15 is 0 Å². The van der Waals surface area contributed by atoms with Gasteiger partial charge in [-0.05, 0) is 37.2 Å². The molecule has 0 saturated carbocycles. The lowest BCUT2D eigenvalue weighted by atomic mass is 10.1. The molecule has 100 valence electrons. The topological polar surface area (TPSA) is 28.2 Å². The molecule has 2 aromatic rings. The van der Waals surface area contributed by atoms with Gasteiger partial charge in [0.2, 0.25) is 0 Å². The number of nitrogens with zero attached hydrogens (tertiary/aromatic N) is 2. The minimum Gasteiger partial charge on any atom is -0.343 e. The van der Waals surface area contributed by atoms with E-state index in [0.717, 1.165) is 18.8 Å². The lowest BCUT2D eigenvalue weighted by molar-refractivity contribution is 0.725. The molecule has 1 aromatic carbocycles. The first kappa shape index (κ1) is 13.6. The first-order valence-corrected chi connectivity index (χ1v) is 6.66. The molecule has 0 bridgehead atoms. The maximum atomic E-state index is 4.25. The Bertz CT molecular complexity index is 520. The van der Waals surface area contributed by atoms with Gasteiger partial charge in [-0.25, -0.2) is 0 Å². The van der Waals surface area contributed by atoms with Gasteiger partial charge in [-0.15, -0.1) is 0 Å². The van der Waals surface area contributed by atoms with E-state index in [9.17, 15) is 0 Å². The van der Waals surface area contributed by atoms with E-state index in [-0.39, 0.29) is 0 Å². The first-order chi connectivity index (χ1) is 9.22. The highest BCUT2D eigenvalue weighted by atomic mass is 15.1. The smallest absolute Gasteiger partial charge is 0.0640 e. The Hall–Kier alpha value is -1.87. The van der Waals surface area contributed by atoms with Gasteiger partial charge in [0.05, 0.1) is 11.9 Å². The van der Waals surface area contributed by atoms with Gasteiger partial charge in [-0.3, -0.25) is 4.98 Å². The molecule has 0 saturated heterocycles. The summed E-state index contributed by atoms with van der Waals surface area (Å²) in [5.41, 5.74) is 4.86. The lowest BCUT2D eigenvalue weighted by Crippen LogP contribution is -2.17. The van der Waals surface area contributed by atoms with Gasteiger partial charge in [0.15, 0.2) is 0 Å². The van der Waals surface area contributed by atoms with Gasteiger partial charge in [0.1, 0.15) is 0 Å². The second-order valence-electron chi connectivity index (χ2n) is 4.68. The number of anilines is 2. The Balaban J connectivity index is 2.27. The van der Waals surface area contributed by atoms with E-state index in [1.165, 1.54) is 16.8 Å². The Morgan fingerprint density at radius 1 is 1.16 bits per heavy atom. The standard InChI is InChI=1S/C16H21N3/c1-4-17-11-14-9-10-18-12-16(14)19(3)15-7-5-13(2)6-8-15/h5-10,12,17H,4,11H2,1-3H3.